The van der Waals surface area contributed by atoms with Gasteiger partial charge in [0, 0.05) is 6.42 Å². The van der Waals surface area contributed by atoms with E-state index in [4.69, 9.17) is 6.42 Å². The fraction of sp³-hybridized carbons (Fsp3) is 0.750. The van der Waals surface area contributed by atoms with E-state index in [2.05, 4.69) is 19.8 Å². The molecule has 0 aliphatic carbocycles. The Bertz CT molecular complexity index is 72.5. The lowest BCUT2D eigenvalue weighted by Crippen LogP contribution is -1.92. The maximum absolute atomic E-state index is 6.69. The second-order valence-corrected chi connectivity index (χ2v) is 2.06. The molecule has 1 radical (unpaired) electrons. The monoisotopic (exact) mass is 109 g/mol. The third-order valence-electron chi connectivity index (χ3n) is 1.55. The molecule has 8 heavy (non-hydrogen) atoms. The van der Waals surface area contributed by atoms with Crippen molar-refractivity contribution in [1.82, 2.24) is 0 Å². The molecule has 0 nitrogen and oxygen atoms in total. The Morgan fingerprint density at radius 3 is 2.00 bits per heavy atom. The molecule has 0 heteroatoms. The van der Waals surface area contributed by atoms with Gasteiger partial charge in [0.1, 0.15) is 0 Å². The van der Waals surface area contributed by atoms with Crippen LogP contribution >= 0.6 is 0 Å². The van der Waals surface area contributed by atoms with Crippen LogP contribution < -0.4 is 0 Å². The van der Waals surface area contributed by atoms with E-state index in [9.17, 15) is 0 Å². The first-order valence-electron chi connectivity index (χ1n) is 3.24. The highest BCUT2D eigenvalue weighted by Crippen LogP contribution is 2.10. The van der Waals surface area contributed by atoms with Gasteiger partial charge in [-0.05, 0) is 12.3 Å². The van der Waals surface area contributed by atoms with Crippen LogP contribution in [0.4, 0.5) is 0 Å². The molecule has 0 saturated carbocycles. The van der Waals surface area contributed by atoms with Crippen molar-refractivity contribution in [2.24, 2.45) is 5.92 Å². The van der Waals surface area contributed by atoms with E-state index in [1.165, 1.54) is 12.8 Å². The van der Waals surface area contributed by atoms with Crippen molar-refractivity contribution < 1.29 is 0 Å². The highest BCUT2D eigenvalue weighted by Gasteiger charge is 1.98. The molecule has 0 aliphatic heterocycles. The summed E-state index contributed by atoms with van der Waals surface area (Å²) < 4.78 is 0. The molecule has 0 saturated heterocycles. The van der Waals surface area contributed by atoms with Gasteiger partial charge in [-0.25, -0.2) is 0 Å². The molecular weight excluding hydrogens is 96.1 g/mol. The van der Waals surface area contributed by atoms with Gasteiger partial charge in [-0.15, -0.1) is 0 Å². The molecule has 0 amide bonds. The van der Waals surface area contributed by atoms with Gasteiger partial charge < -0.3 is 0 Å². The third-order valence-corrected chi connectivity index (χ3v) is 1.55. The highest BCUT2D eigenvalue weighted by molar-refractivity contribution is 4.78. The fourth-order valence-electron chi connectivity index (χ4n) is 0.722. The lowest BCUT2D eigenvalue weighted by molar-refractivity contribution is 0.506. The maximum atomic E-state index is 6.69. The van der Waals surface area contributed by atoms with Gasteiger partial charge in [0.15, 0.2) is 0 Å². The smallest absolute Gasteiger partial charge is 0.0127 e. The van der Waals surface area contributed by atoms with Crippen LogP contribution in [0.1, 0.15) is 33.1 Å². The first-order valence-corrected chi connectivity index (χ1v) is 3.24. The first-order chi connectivity index (χ1) is 3.85. The summed E-state index contributed by atoms with van der Waals surface area (Å²) >= 11 is 0. The van der Waals surface area contributed by atoms with Crippen LogP contribution in [0.5, 0.6) is 0 Å². The molecule has 0 aromatic rings. The van der Waals surface area contributed by atoms with Crippen LogP contribution in [0.15, 0.2) is 0 Å². The predicted molar refractivity (Wildman–Crippen MR) is 35.8 cm³/mol. The van der Waals surface area contributed by atoms with Gasteiger partial charge in [-0.2, -0.15) is 0 Å². The van der Waals surface area contributed by atoms with E-state index in [0.29, 0.717) is 5.92 Å². The van der Waals surface area contributed by atoms with Gasteiger partial charge in [0.05, 0.1) is 0 Å². The summed E-state index contributed by atoms with van der Waals surface area (Å²) in [6.07, 6.45) is 9.90. The van der Waals surface area contributed by atoms with Gasteiger partial charge >= 0.3 is 0 Å². The largest absolute Gasteiger partial charge is 0.0888 e. The molecular formula is C8H13. The van der Waals surface area contributed by atoms with Crippen LogP contribution in [-0.2, 0) is 0 Å². The normalized spacial score (nSPS) is 9.25. The van der Waals surface area contributed by atoms with Crippen molar-refractivity contribution in [2.45, 2.75) is 33.1 Å². The molecule has 0 atom stereocenters. The van der Waals surface area contributed by atoms with Crippen LogP contribution in [-0.4, -0.2) is 0 Å². The Hall–Kier alpha value is -0.440. The lowest BCUT2D eigenvalue weighted by Gasteiger charge is -2.04. The number of hydrogen-bond acceptors (Lipinski definition) is 0. The van der Waals surface area contributed by atoms with Crippen molar-refractivity contribution in [3.63, 3.8) is 0 Å². The van der Waals surface area contributed by atoms with Crippen LogP contribution in [0, 0.1) is 18.3 Å². The van der Waals surface area contributed by atoms with Crippen molar-refractivity contribution in [1.29, 1.82) is 0 Å². The topological polar surface area (TPSA) is 0 Å². The third kappa shape index (κ3) is 2.69. The minimum Gasteiger partial charge on any atom is -0.0888 e. The Balaban J connectivity index is 3.25. The standard InChI is InChI=1S/C8H13/c1-4-7-8(5-2)6-3/h8H,5-7H2,2-3H3. The first kappa shape index (κ1) is 7.56. The SMILES string of the molecule is [C]#CCC(CC)CC. The minimum absolute atomic E-state index is 0.701. The molecule has 0 aromatic carbocycles. The van der Waals surface area contributed by atoms with Gasteiger partial charge in [-0.1, -0.05) is 32.6 Å². The Morgan fingerprint density at radius 1 is 1.38 bits per heavy atom. The summed E-state index contributed by atoms with van der Waals surface area (Å²) in [7, 11) is 0. The average molecular weight is 109 g/mol. The molecule has 0 bridgehead atoms. The van der Waals surface area contributed by atoms with Gasteiger partial charge in [0.25, 0.3) is 0 Å². The van der Waals surface area contributed by atoms with Gasteiger partial charge in [0.2, 0.25) is 0 Å². The number of rotatable bonds is 3. The highest BCUT2D eigenvalue weighted by atomic mass is 14.0. The summed E-state index contributed by atoms with van der Waals surface area (Å²) in [6, 6.07) is 0. The minimum atomic E-state index is 0.701. The summed E-state index contributed by atoms with van der Waals surface area (Å²) in [5.74, 6) is 3.12. The summed E-state index contributed by atoms with van der Waals surface area (Å²) in [5, 5.41) is 0. The van der Waals surface area contributed by atoms with Crippen molar-refractivity contribution in [3.05, 3.63) is 6.42 Å². The summed E-state index contributed by atoms with van der Waals surface area (Å²) in [5.41, 5.74) is 0. The quantitative estimate of drug-likeness (QED) is 0.488. The summed E-state index contributed by atoms with van der Waals surface area (Å²) in [6.45, 7) is 4.32. The average Bonchev–Trinajstić information content (AvgIpc) is 1.83. The van der Waals surface area contributed by atoms with Crippen LogP contribution in [0.2, 0.25) is 0 Å². The summed E-state index contributed by atoms with van der Waals surface area (Å²) in [4.78, 5) is 0. The molecule has 0 aromatic heterocycles. The maximum Gasteiger partial charge on any atom is 0.0127 e. The van der Waals surface area contributed by atoms with E-state index >= 15 is 0 Å². The van der Waals surface area contributed by atoms with Crippen LogP contribution in [0.25, 0.3) is 0 Å². The Morgan fingerprint density at radius 2 is 1.88 bits per heavy atom. The van der Waals surface area contributed by atoms with Gasteiger partial charge in [-0.3, -0.25) is 0 Å². The lowest BCUT2D eigenvalue weighted by atomic mass is 10.0. The van der Waals surface area contributed by atoms with E-state index in [1.807, 2.05) is 0 Å². The second kappa shape index (κ2) is 4.71. The molecule has 0 heterocycles. The van der Waals surface area contributed by atoms with E-state index in [0.717, 1.165) is 6.42 Å². The van der Waals surface area contributed by atoms with Crippen molar-refractivity contribution in [3.8, 4) is 5.92 Å². The second-order valence-electron chi connectivity index (χ2n) is 2.06. The molecule has 0 aliphatic rings. The van der Waals surface area contributed by atoms with E-state index in [1.54, 1.807) is 0 Å². The zero-order valence-corrected chi connectivity index (χ0v) is 5.70. The van der Waals surface area contributed by atoms with Crippen molar-refractivity contribution in [2.75, 3.05) is 0 Å². The van der Waals surface area contributed by atoms with E-state index in [-0.39, 0.29) is 0 Å². The Labute approximate surface area is 52.3 Å². The fourth-order valence-corrected chi connectivity index (χ4v) is 0.722. The van der Waals surface area contributed by atoms with Crippen LogP contribution in [0.3, 0.4) is 0 Å². The molecule has 45 valence electrons. The van der Waals surface area contributed by atoms with E-state index < -0.39 is 0 Å². The molecule has 0 spiro atoms. The molecule has 0 unspecified atom stereocenters. The Kier molecular flexibility index (Phi) is 4.45. The van der Waals surface area contributed by atoms with Crippen molar-refractivity contribution >= 4 is 0 Å². The molecule has 0 fully saturated rings. The number of hydrogen-bond donors (Lipinski definition) is 0. The predicted octanol–water partition coefficient (Wildman–Crippen LogP) is 2.40. The zero-order valence-electron chi connectivity index (χ0n) is 5.70. The zero-order chi connectivity index (χ0) is 6.41. The molecule has 0 N–H and O–H groups in total. The molecule has 0 rings (SSSR count).